The van der Waals surface area contributed by atoms with E-state index in [0.717, 1.165) is 21.5 Å². The van der Waals surface area contributed by atoms with Gasteiger partial charge in [0.05, 0.1) is 40.3 Å². The van der Waals surface area contributed by atoms with Crippen LogP contribution in [0.5, 0.6) is 0 Å². The average Bonchev–Trinajstić information content (AvgIpc) is 3.80. The number of carbonyl (C=O) groups excluding carboxylic acids is 2. The van der Waals surface area contributed by atoms with Gasteiger partial charge in [0.2, 0.25) is 5.13 Å². The number of benzene rings is 2. The van der Waals surface area contributed by atoms with Crippen LogP contribution in [0.3, 0.4) is 0 Å². The molecule has 0 fully saturated rings. The second kappa shape index (κ2) is 13.2. The minimum Gasteiger partial charge on any atom is -0.494 e. The summed E-state index contributed by atoms with van der Waals surface area (Å²) < 4.78 is 19.9. The summed E-state index contributed by atoms with van der Waals surface area (Å²) in [6, 6.07) is 14.9. The lowest BCUT2D eigenvalue weighted by Crippen LogP contribution is -2.34. The third-order valence-corrected chi connectivity index (χ3v) is 8.53. The number of carbonyl (C=O) groups is 2. The van der Waals surface area contributed by atoms with E-state index in [1.54, 1.807) is 53.7 Å². The minimum atomic E-state index is -0.826. The number of aromatic nitrogens is 6. The molecule has 4 aromatic heterocycles. The van der Waals surface area contributed by atoms with Crippen LogP contribution in [-0.4, -0.2) is 59.4 Å². The zero-order chi connectivity index (χ0) is 36.0. The Kier molecular flexibility index (Phi) is 9.14. The highest BCUT2D eigenvalue weighted by atomic mass is 35.5. The topological polar surface area (TPSA) is 126 Å². The molecule has 12 nitrogen and oxygen atoms in total. The van der Waals surface area contributed by atoms with Gasteiger partial charge in [0.1, 0.15) is 22.6 Å². The highest BCUT2D eigenvalue weighted by Gasteiger charge is 2.31. The Morgan fingerprint density at radius 3 is 2.38 bits per heavy atom. The number of hydrogen-bond donors (Lipinski definition) is 0. The summed E-state index contributed by atoms with van der Waals surface area (Å²) >= 11 is 8.11. The molecule has 258 valence electrons. The maximum atomic E-state index is 13.8. The van der Waals surface area contributed by atoms with Gasteiger partial charge in [0.15, 0.2) is 5.01 Å². The maximum absolute atomic E-state index is 13.8. The smallest absolute Gasteiger partial charge is 0.435 e. The van der Waals surface area contributed by atoms with E-state index in [4.69, 9.17) is 30.8 Å². The molecule has 0 unspecified atom stereocenters. The van der Waals surface area contributed by atoms with Gasteiger partial charge >= 0.3 is 12.2 Å². The van der Waals surface area contributed by atoms with E-state index in [0.29, 0.717) is 39.5 Å². The number of pyridine rings is 1. The normalized spacial score (nSPS) is 11.9. The summed E-state index contributed by atoms with van der Waals surface area (Å²) in [5, 5.41) is 14.4. The van der Waals surface area contributed by atoms with Crippen LogP contribution >= 0.6 is 22.9 Å². The van der Waals surface area contributed by atoms with Crippen LogP contribution in [0.15, 0.2) is 73.7 Å². The van der Waals surface area contributed by atoms with Crippen LogP contribution < -0.4 is 4.90 Å². The molecule has 6 rings (SSSR count). The fourth-order valence-electron chi connectivity index (χ4n) is 5.09. The summed E-state index contributed by atoms with van der Waals surface area (Å²) in [7, 11) is 0. The quantitative estimate of drug-likeness (QED) is 0.149. The molecule has 50 heavy (non-hydrogen) atoms. The lowest BCUT2D eigenvalue weighted by atomic mass is 10.1. The number of anilines is 2. The van der Waals surface area contributed by atoms with Gasteiger partial charge in [-0.25, -0.2) is 19.5 Å². The van der Waals surface area contributed by atoms with E-state index in [1.807, 2.05) is 60.1 Å². The molecule has 0 N–H and O–H groups in total. The monoisotopic (exact) mass is 713 g/mol. The molecule has 0 bridgehead atoms. The van der Waals surface area contributed by atoms with E-state index in [2.05, 4.69) is 21.9 Å². The SMILES string of the molecule is C=C(OCC)c1ccc(-c2cn3cccc(-c4nnc(N(C(=O)OC(C)(C)C)c5ccc6c(cnn6C(=O)OC(C)(C)C)c5Cl)s4)c3n2)cc1. The molecule has 0 atom stereocenters. The number of fused-ring (bicyclic) bond motifs is 2. The summed E-state index contributed by atoms with van der Waals surface area (Å²) in [4.78, 5) is 32.8. The lowest BCUT2D eigenvalue weighted by molar-refractivity contribution is 0.0521. The number of rotatable bonds is 7. The molecular weight excluding hydrogens is 678 g/mol. The van der Waals surface area contributed by atoms with Gasteiger partial charge in [-0.15, -0.1) is 10.2 Å². The minimum absolute atomic E-state index is 0.163. The van der Waals surface area contributed by atoms with E-state index >= 15 is 0 Å². The van der Waals surface area contributed by atoms with E-state index in [-0.39, 0.29) is 15.8 Å². The number of hydrogen-bond acceptors (Lipinski definition) is 10. The maximum Gasteiger partial charge on any atom is 0.435 e. The number of amides is 1. The third kappa shape index (κ3) is 7.05. The third-order valence-electron chi connectivity index (χ3n) is 7.19. The van der Waals surface area contributed by atoms with Gasteiger partial charge in [-0.3, -0.25) is 0 Å². The van der Waals surface area contributed by atoms with Gasteiger partial charge in [-0.2, -0.15) is 9.78 Å². The first kappa shape index (κ1) is 34.6. The molecule has 0 radical (unpaired) electrons. The van der Waals surface area contributed by atoms with Crippen molar-refractivity contribution in [2.24, 2.45) is 0 Å². The van der Waals surface area contributed by atoms with Crippen molar-refractivity contribution in [1.82, 2.24) is 29.4 Å². The highest BCUT2D eigenvalue weighted by Crippen LogP contribution is 2.41. The second-order valence-corrected chi connectivity index (χ2v) is 14.6. The number of imidazole rings is 1. The molecule has 0 saturated heterocycles. The summed E-state index contributed by atoms with van der Waals surface area (Å²) in [5.74, 6) is 0.612. The molecule has 0 saturated carbocycles. The van der Waals surface area contributed by atoms with Crippen molar-refractivity contribution in [2.45, 2.75) is 59.7 Å². The highest BCUT2D eigenvalue weighted by molar-refractivity contribution is 7.18. The predicted octanol–water partition coefficient (Wildman–Crippen LogP) is 9.39. The van der Waals surface area contributed by atoms with E-state index in [9.17, 15) is 9.59 Å². The van der Waals surface area contributed by atoms with Crippen molar-refractivity contribution in [3.63, 3.8) is 0 Å². The Labute approximate surface area is 297 Å². The van der Waals surface area contributed by atoms with Crippen LogP contribution in [0.1, 0.15) is 54.0 Å². The Morgan fingerprint density at radius 2 is 1.70 bits per heavy atom. The Bertz CT molecular complexity index is 2240. The Hall–Kier alpha value is -5.27. The molecule has 0 spiro atoms. The van der Waals surface area contributed by atoms with Crippen molar-refractivity contribution >= 4 is 68.3 Å². The second-order valence-electron chi connectivity index (χ2n) is 13.3. The molecule has 0 aliphatic rings. The zero-order valence-corrected chi connectivity index (χ0v) is 30.3. The van der Waals surface area contributed by atoms with Gasteiger partial charge < -0.3 is 18.6 Å². The van der Waals surface area contributed by atoms with Crippen molar-refractivity contribution in [3.8, 4) is 21.8 Å². The van der Waals surface area contributed by atoms with Crippen molar-refractivity contribution in [2.75, 3.05) is 11.5 Å². The van der Waals surface area contributed by atoms with Crippen LogP contribution in [0.4, 0.5) is 20.4 Å². The standard InChI is InChI=1S/C36H36ClN7O5S/c1-9-47-21(2)22-12-14-23(15-13-22)26-20-42-18-10-11-24(30(42)39-26)31-40-41-32(50-31)43(33(45)48-35(3,4)5)28-17-16-27-25(29(28)37)19-38-44(27)34(46)49-36(6,7)8/h10-20H,2,9H2,1,3-8H3. The molecule has 14 heteroatoms. The zero-order valence-electron chi connectivity index (χ0n) is 28.7. The van der Waals surface area contributed by atoms with Crippen LogP contribution in [0.2, 0.25) is 5.02 Å². The molecule has 0 aliphatic carbocycles. The van der Waals surface area contributed by atoms with E-state index in [1.165, 1.54) is 22.4 Å². The van der Waals surface area contributed by atoms with Crippen molar-refractivity contribution in [3.05, 3.63) is 84.3 Å². The molecular formula is C36H36ClN7O5S. The van der Waals surface area contributed by atoms with Gasteiger partial charge in [-0.05, 0) is 72.7 Å². The molecule has 2 aromatic carbocycles. The van der Waals surface area contributed by atoms with Crippen LogP contribution in [-0.2, 0) is 14.2 Å². The lowest BCUT2D eigenvalue weighted by Gasteiger charge is -2.26. The summed E-state index contributed by atoms with van der Waals surface area (Å²) in [6.07, 6.45) is 3.92. The van der Waals surface area contributed by atoms with Crippen molar-refractivity contribution in [1.29, 1.82) is 0 Å². The predicted molar refractivity (Wildman–Crippen MR) is 195 cm³/mol. The first-order chi connectivity index (χ1) is 23.6. The number of ether oxygens (including phenoxy) is 3. The summed E-state index contributed by atoms with van der Waals surface area (Å²) in [5.41, 5.74) is 3.08. The molecule has 1 amide bonds. The summed E-state index contributed by atoms with van der Waals surface area (Å²) in [6.45, 7) is 17.0. The van der Waals surface area contributed by atoms with E-state index < -0.39 is 23.4 Å². The van der Waals surface area contributed by atoms with Gasteiger partial charge in [0, 0.05) is 28.9 Å². The molecule has 6 aromatic rings. The number of nitrogens with zero attached hydrogens (tertiary/aromatic N) is 7. The molecule has 0 aliphatic heterocycles. The largest absolute Gasteiger partial charge is 0.494 e. The fraction of sp³-hybridized carbons (Fsp3) is 0.278. The fourth-order valence-corrected chi connectivity index (χ4v) is 6.25. The first-order valence-corrected chi connectivity index (χ1v) is 17.0. The van der Waals surface area contributed by atoms with Gasteiger partial charge in [-0.1, -0.05) is 53.8 Å². The van der Waals surface area contributed by atoms with Gasteiger partial charge in [0.25, 0.3) is 0 Å². The Balaban J connectivity index is 1.38. The van der Waals surface area contributed by atoms with Crippen molar-refractivity contribution < 1.29 is 23.8 Å². The first-order valence-electron chi connectivity index (χ1n) is 15.8. The number of halogens is 1. The molecule has 4 heterocycles. The Morgan fingerprint density at radius 1 is 0.980 bits per heavy atom. The average molecular weight is 714 g/mol. The van der Waals surface area contributed by atoms with Crippen LogP contribution in [0.25, 0.3) is 44.1 Å². The van der Waals surface area contributed by atoms with Crippen LogP contribution in [0, 0.1) is 0 Å².